The number of halogens is 1. The number of nitrogens with one attached hydrogen (secondary N) is 1. The summed E-state index contributed by atoms with van der Waals surface area (Å²) in [7, 11) is 2.74. The van der Waals surface area contributed by atoms with E-state index < -0.39 is 22.4 Å². The van der Waals surface area contributed by atoms with Gasteiger partial charge in [0.25, 0.3) is 0 Å². The summed E-state index contributed by atoms with van der Waals surface area (Å²) in [4.78, 5) is 37.4. The van der Waals surface area contributed by atoms with E-state index in [0.717, 1.165) is 12.1 Å². The molecule has 0 saturated carbocycles. The minimum Gasteiger partial charge on any atom is -0.494 e. The molecule has 0 unspecified atom stereocenters. The zero-order chi connectivity index (χ0) is 26.0. The number of rotatable bonds is 8. The molecule has 0 aliphatic carbocycles. The molecule has 0 aliphatic rings. The lowest BCUT2D eigenvalue weighted by Crippen LogP contribution is -2.14. The fraction of sp³-hybridized carbons (Fsp3) is 0.208. The van der Waals surface area contributed by atoms with Crippen molar-refractivity contribution in [1.29, 1.82) is 0 Å². The van der Waals surface area contributed by atoms with Crippen LogP contribution in [0.4, 0.5) is 21.6 Å². The van der Waals surface area contributed by atoms with Crippen molar-refractivity contribution in [3.05, 3.63) is 70.4 Å². The SMILES string of the molecule is COc1cc(F)c([N+](=O)[O-])cc1Nc1c(-c2ncncc2C(=O)OC(C)C)c2ccccc2n1OC. The zero-order valence-electron chi connectivity index (χ0n) is 19.8. The monoisotopic (exact) mass is 495 g/mol. The molecule has 2 aromatic heterocycles. The Morgan fingerprint density at radius 3 is 2.64 bits per heavy atom. The van der Waals surface area contributed by atoms with Crippen LogP contribution in [0.15, 0.2) is 48.9 Å². The molecule has 2 aromatic carbocycles. The van der Waals surface area contributed by atoms with Gasteiger partial charge < -0.3 is 19.6 Å². The van der Waals surface area contributed by atoms with Crippen LogP contribution >= 0.6 is 0 Å². The maximum Gasteiger partial charge on any atom is 0.342 e. The average Bonchev–Trinajstić information content (AvgIpc) is 3.16. The van der Waals surface area contributed by atoms with E-state index in [2.05, 4.69) is 15.3 Å². The van der Waals surface area contributed by atoms with Crippen LogP contribution in [0.1, 0.15) is 24.2 Å². The van der Waals surface area contributed by atoms with Gasteiger partial charge in [0, 0.05) is 23.7 Å². The van der Waals surface area contributed by atoms with Crippen molar-refractivity contribution in [2.75, 3.05) is 19.5 Å². The average molecular weight is 495 g/mol. The predicted octanol–water partition coefficient (Wildman–Crippen LogP) is 4.52. The highest BCUT2D eigenvalue weighted by molar-refractivity contribution is 6.08. The first-order valence-corrected chi connectivity index (χ1v) is 10.7. The number of hydrogen-bond donors (Lipinski definition) is 1. The van der Waals surface area contributed by atoms with Gasteiger partial charge in [-0.3, -0.25) is 10.1 Å². The minimum atomic E-state index is -1.05. The zero-order valence-corrected chi connectivity index (χ0v) is 19.8. The van der Waals surface area contributed by atoms with Crippen LogP contribution in [-0.4, -0.2) is 45.9 Å². The second-order valence-electron chi connectivity index (χ2n) is 7.84. The molecule has 4 aromatic rings. The molecule has 0 fully saturated rings. The molecule has 0 aliphatic heterocycles. The van der Waals surface area contributed by atoms with Gasteiger partial charge in [-0.05, 0) is 19.9 Å². The van der Waals surface area contributed by atoms with Crippen LogP contribution in [0.5, 0.6) is 5.75 Å². The number of ether oxygens (including phenoxy) is 2. The number of para-hydroxylation sites is 1. The molecule has 0 atom stereocenters. The van der Waals surface area contributed by atoms with Crippen molar-refractivity contribution >= 4 is 34.1 Å². The molecule has 36 heavy (non-hydrogen) atoms. The molecular formula is C24H22FN5O6. The highest BCUT2D eigenvalue weighted by Crippen LogP contribution is 2.42. The van der Waals surface area contributed by atoms with Crippen LogP contribution in [-0.2, 0) is 4.74 Å². The standard InChI is InChI=1S/C24H22FN5O6/c1-13(2)36-24(31)15-11-26-12-27-22(15)21-14-7-5-6-8-18(14)29(35-4)23(21)28-17-10-19(30(32)33)16(25)9-20(17)34-3/h5-13,28H,1-4H3. The number of nitro groups is 1. The normalized spacial score (nSPS) is 10.9. The van der Waals surface area contributed by atoms with Crippen LogP contribution in [0.3, 0.4) is 0 Å². The molecule has 0 amide bonds. The van der Waals surface area contributed by atoms with Crippen molar-refractivity contribution in [2.45, 2.75) is 20.0 Å². The first-order chi connectivity index (χ1) is 17.3. The number of methoxy groups -OCH3 is 1. The number of carbonyl (C=O) groups is 1. The van der Waals surface area contributed by atoms with E-state index in [-0.39, 0.29) is 34.6 Å². The van der Waals surface area contributed by atoms with Gasteiger partial charge in [-0.25, -0.2) is 14.8 Å². The minimum absolute atomic E-state index is 0.0130. The molecule has 0 radical (unpaired) electrons. The second-order valence-corrected chi connectivity index (χ2v) is 7.84. The third-order valence-corrected chi connectivity index (χ3v) is 5.25. The van der Waals surface area contributed by atoms with Gasteiger partial charge in [-0.1, -0.05) is 18.2 Å². The van der Waals surface area contributed by atoms with Gasteiger partial charge in [0.1, 0.15) is 24.8 Å². The molecule has 4 rings (SSSR count). The van der Waals surface area contributed by atoms with E-state index in [1.54, 1.807) is 38.1 Å². The summed E-state index contributed by atoms with van der Waals surface area (Å²) in [5.74, 6) is -1.41. The number of hydrogen-bond acceptors (Lipinski definition) is 9. The third kappa shape index (κ3) is 4.35. The topological polar surface area (TPSA) is 131 Å². The maximum atomic E-state index is 14.3. The van der Waals surface area contributed by atoms with Crippen LogP contribution in [0.2, 0.25) is 0 Å². The van der Waals surface area contributed by atoms with Gasteiger partial charge in [0.05, 0.1) is 40.6 Å². The first-order valence-electron chi connectivity index (χ1n) is 10.7. The lowest BCUT2D eigenvalue weighted by molar-refractivity contribution is -0.387. The number of nitrogens with zero attached hydrogens (tertiary/aromatic N) is 4. The largest absolute Gasteiger partial charge is 0.494 e. The summed E-state index contributed by atoms with van der Waals surface area (Å²) in [6, 6.07) is 9.11. The second kappa shape index (κ2) is 9.86. The predicted molar refractivity (Wildman–Crippen MR) is 129 cm³/mol. The van der Waals surface area contributed by atoms with E-state index in [9.17, 15) is 19.3 Å². The van der Waals surface area contributed by atoms with Crippen molar-refractivity contribution in [3.63, 3.8) is 0 Å². The molecule has 12 heteroatoms. The summed E-state index contributed by atoms with van der Waals surface area (Å²) in [6.45, 7) is 3.44. The van der Waals surface area contributed by atoms with Gasteiger partial charge in [0.2, 0.25) is 5.82 Å². The van der Waals surface area contributed by atoms with Crippen LogP contribution in [0.25, 0.3) is 22.2 Å². The van der Waals surface area contributed by atoms with Gasteiger partial charge in [-0.15, -0.1) is 0 Å². The number of fused-ring (bicyclic) bond motifs is 1. The number of esters is 1. The Balaban J connectivity index is 2.01. The molecule has 11 nitrogen and oxygen atoms in total. The molecule has 2 heterocycles. The number of aromatic nitrogens is 3. The Labute approximate surface area is 204 Å². The van der Waals surface area contributed by atoms with Gasteiger partial charge in [0.15, 0.2) is 5.82 Å². The van der Waals surface area contributed by atoms with E-state index in [1.165, 1.54) is 31.5 Å². The van der Waals surface area contributed by atoms with Crippen molar-refractivity contribution in [1.82, 2.24) is 14.7 Å². The van der Waals surface area contributed by atoms with E-state index >= 15 is 0 Å². The fourth-order valence-electron chi connectivity index (χ4n) is 3.79. The summed E-state index contributed by atoms with van der Waals surface area (Å²) in [5, 5.41) is 15.1. The molecule has 0 bridgehead atoms. The lowest BCUT2D eigenvalue weighted by Gasteiger charge is -2.16. The van der Waals surface area contributed by atoms with Gasteiger partial charge >= 0.3 is 11.7 Å². The fourth-order valence-corrected chi connectivity index (χ4v) is 3.79. The summed E-state index contributed by atoms with van der Waals surface area (Å²) in [5.41, 5.74) is 0.719. The Morgan fingerprint density at radius 2 is 1.97 bits per heavy atom. The number of benzene rings is 2. The maximum absolute atomic E-state index is 14.3. The highest BCUT2D eigenvalue weighted by Gasteiger charge is 2.28. The quantitative estimate of drug-likeness (QED) is 0.213. The summed E-state index contributed by atoms with van der Waals surface area (Å²) < 4.78 is 26.3. The van der Waals surface area contributed by atoms with Crippen molar-refractivity contribution in [2.24, 2.45) is 0 Å². The van der Waals surface area contributed by atoms with Crippen LogP contribution in [0, 0.1) is 15.9 Å². The number of anilines is 2. The lowest BCUT2D eigenvalue weighted by atomic mass is 10.0. The smallest absolute Gasteiger partial charge is 0.342 e. The van der Waals surface area contributed by atoms with E-state index in [1.807, 2.05) is 0 Å². The molecule has 1 N–H and O–H groups in total. The van der Waals surface area contributed by atoms with Crippen LogP contribution < -0.4 is 14.9 Å². The first kappa shape index (κ1) is 24.4. The Bertz CT molecular complexity index is 1470. The number of nitro benzene ring substituents is 1. The Hall–Kier alpha value is -4.74. The van der Waals surface area contributed by atoms with Crippen molar-refractivity contribution < 1.29 is 28.4 Å². The molecule has 0 spiro atoms. The number of carbonyl (C=O) groups excluding carboxylic acids is 1. The summed E-state index contributed by atoms with van der Waals surface area (Å²) in [6.07, 6.45) is 2.25. The summed E-state index contributed by atoms with van der Waals surface area (Å²) >= 11 is 0. The molecular weight excluding hydrogens is 473 g/mol. The highest BCUT2D eigenvalue weighted by atomic mass is 19.1. The Kier molecular flexibility index (Phi) is 6.68. The van der Waals surface area contributed by atoms with Gasteiger partial charge in [-0.2, -0.15) is 9.12 Å². The molecule has 186 valence electrons. The molecule has 0 saturated heterocycles. The van der Waals surface area contributed by atoms with Crippen molar-refractivity contribution in [3.8, 4) is 17.0 Å². The third-order valence-electron chi connectivity index (χ3n) is 5.25. The van der Waals surface area contributed by atoms with E-state index in [4.69, 9.17) is 14.3 Å². The Morgan fingerprint density at radius 1 is 1.22 bits per heavy atom. The van der Waals surface area contributed by atoms with E-state index in [0.29, 0.717) is 16.5 Å².